The van der Waals surface area contributed by atoms with Gasteiger partial charge in [0.25, 0.3) is 0 Å². The first kappa shape index (κ1) is 9.16. The first-order valence-electron chi connectivity index (χ1n) is 3.93. The summed E-state index contributed by atoms with van der Waals surface area (Å²) < 4.78 is 12.5. The van der Waals surface area contributed by atoms with Gasteiger partial charge < -0.3 is 11.5 Å². The Morgan fingerprint density at radius 1 is 1.08 bits per heavy atom. The van der Waals surface area contributed by atoms with Crippen LogP contribution >= 0.6 is 0 Å². The molecule has 0 aliphatic rings. The summed E-state index contributed by atoms with van der Waals surface area (Å²) in [5.41, 5.74) is 12.0. The van der Waals surface area contributed by atoms with Crippen molar-refractivity contribution < 1.29 is 4.39 Å². The second-order valence-corrected chi connectivity index (χ2v) is 2.72. The molecular weight excluding hydrogens is 155 g/mol. The molecule has 0 spiro atoms. The predicted molar refractivity (Wildman–Crippen MR) is 47.2 cm³/mol. The molecular formula is C9H13FN2. The summed E-state index contributed by atoms with van der Waals surface area (Å²) in [6, 6.07) is 6.29. The Balaban J connectivity index is 2.80. The minimum atomic E-state index is -0.230. The Labute approximate surface area is 71.4 Å². The fraction of sp³-hybridized carbons (Fsp3) is 0.333. The van der Waals surface area contributed by atoms with Gasteiger partial charge in [-0.15, -0.1) is 0 Å². The second-order valence-electron chi connectivity index (χ2n) is 2.72. The molecule has 0 aromatic heterocycles. The van der Waals surface area contributed by atoms with E-state index in [-0.39, 0.29) is 11.7 Å². The number of hydrogen-bond acceptors (Lipinski definition) is 2. The zero-order chi connectivity index (χ0) is 8.97. The maximum atomic E-state index is 12.5. The van der Waals surface area contributed by atoms with Crippen molar-refractivity contribution in [3.8, 4) is 0 Å². The quantitative estimate of drug-likeness (QED) is 0.702. The van der Waals surface area contributed by atoms with Gasteiger partial charge >= 0.3 is 0 Å². The molecule has 1 rings (SSSR count). The van der Waals surface area contributed by atoms with Crippen LogP contribution in [-0.2, 0) is 0 Å². The highest BCUT2D eigenvalue weighted by Gasteiger charge is 2.06. The van der Waals surface area contributed by atoms with Crippen LogP contribution in [0.25, 0.3) is 0 Å². The molecule has 1 aromatic carbocycles. The first-order chi connectivity index (χ1) is 5.77. The number of rotatable bonds is 3. The molecule has 66 valence electrons. The third-order valence-electron chi connectivity index (χ3n) is 1.91. The first-order valence-corrected chi connectivity index (χ1v) is 3.93. The van der Waals surface area contributed by atoms with E-state index < -0.39 is 0 Å². The molecule has 3 heteroatoms. The van der Waals surface area contributed by atoms with Gasteiger partial charge in [-0.1, -0.05) is 12.1 Å². The third-order valence-corrected chi connectivity index (χ3v) is 1.91. The molecule has 0 aliphatic carbocycles. The van der Waals surface area contributed by atoms with Gasteiger partial charge in [-0.3, -0.25) is 0 Å². The zero-order valence-corrected chi connectivity index (χ0v) is 6.83. The van der Waals surface area contributed by atoms with E-state index >= 15 is 0 Å². The normalized spacial score (nSPS) is 10.7. The molecule has 0 radical (unpaired) electrons. The van der Waals surface area contributed by atoms with E-state index in [2.05, 4.69) is 0 Å². The lowest BCUT2D eigenvalue weighted by molar-refractivity contribution is 0.624. The average Bonchev–Trinajstić information content (AvgIpc) is 2.10. The molecule has 12 heavy (non-hydrogen) atoms. The fourth-order valence-electron chi connectivity index (χ4n) is 1.10. The molecule has 0 aliphatic heterocycles. The molecule has 0 heterocycles. The summed E-state index contributed by atoms with van der Waals surface area (Å²) >= 11 is 0. The van der Waals surface area contributed by atoms with Crippen LogP contribution in [0.4, 0.5) is 4.39 Å². The molecule has 0 amide bonds. The summed E-state index contributed by atoms with van der Waals surface area (Å²) in [7, 11) is 0. The molecule has 0 bridgehead atoms. The number of nitrogens with two attached hydrogens (primary N) is 2. The Kier molecular flexibility index (Phi) is 3.19. The third kappa shape index (κ3) is 2.03. The molecule has 4 N–H and O–H groups in total. The lowest BCUT2D eigenvalue weighted by Gasteiger charge is -2.11. The smallest absolute Gasteiger partial charge is 0.123 e. The van der Waals surface area contributed by atoms with Gasteiger partial charge in [0.15, 0.2) is 0 Å². The van der Waals surface area contributed by atoms with E-state index in [1.165, 1.54) is 12.1 Å². The average molecular weight is 168 g/mol. The number of benzene rings is 1. The van der Waals surface area contributed by atoms with Crippen molar-refractivity contribution in [1.82, 2.24) is 0 Å². The zero-order valence-electron chi connectivity index (χ0n) is 6.83. The summed E-state index contributed by atoms with van der Waals surface area (Å²) in [4.78, 5) is 0. The van der Waals surface area contributed by atoms with Crippen molar-refractivity contribution in [1.29, 1.82) is 0 Å². The molecule has 0 saturated carbocycles. The fourth-order valence-corrected chi connectivity index (χ4v) is 1.10. The Morgan fingerprint density at radius 2 is 1.58 bits per heavy atom. The lowest BCUT2D eigenvalue weighted by Crippen LogP contribution is -2.21. The largest absolute Gasteiger partial charge is 0.330 e. The molecule has 0 unspecified atom stereocenters. The van der Waals surface area contributed by atoms with Gasteiger partial charge in [-0.05, 0) is 17.7 Å². The summed E-state index contributed by atoms with van der Waals surface area (Å²) in [6.45, 7) is 1.00. The number of halogens is 1. The molecule has 1 aromatic rings. The van der Waals surface area contributed by atoms with Crippen molar-refractivity contribution in [2.24, 2.45) is 11.5 Å². The van der Waals surface area contributed by atoms with Gasteiger partial charge in [0.1, 0.15) is 5.82 Å². The highest BCUT2D eigenvalue weighted by Crippen LogP contribution is 2.13. The van der Waals surface area contributed by atoms with E-state index in [4.69, 9.17) is 11.5 Å². The SMILES string of the molecule is NCC(CN)c1ccc(F)cc1. The molecule has 0 atom stereocenters. The van der Waals surface area contributed by atoms with E-state index in [1.54, 1.807) is 12.1 Å². The lowest BCUT2D eigenvalue weighted by atomic mass is 10.00. The number of hydrogen-bond donors (Lipinski definition) is 2. The van der Waals surface area contributed by atoms with Crippen LogP contribution in [0.15, 0.2) is 24.3 Å². The van der Waals surface area contributed by atoms with Crippen LogP contribution in [-0.4, -0.2) is 13.1 Å². The van der Waals surface area contributed by atoms with E-state index in [9.17, 15) is 4.39 Å². The van der Waals surface area contributed by atoms with Crippen molar-refractivity contribution >= 4 is 0 Å². The van der Waals surface area contributed by atoms with Gasteiger partial charge in [0, 0.05) is 19.0 Å². The second kappa shape index (κ2) is 4.18. The maximum absolute atomic E-state index is 12.5. The van der Waals surface area contributed by atoms with Crippen molar-refractivity contribution in [3.05, 3.63) is 35.6 Å². The van der Waals surface area contributed by atoms with Crippen LogP contribution in [0, 0.1) is 5.82 Å². The van der Waals surface area contributed by atoms with Gasteiger partial charge in [0.05, 0.1) is 0 Å². The molecule has 0 saturated heterocycles. The van der Waals surface area contributed by atoms with Crippen molar-refractivity contribution in [3.63, 3.8) is 0 Å². The Morgan fingerprint density at radius 3 is 2.00 bits per heavy atom. The van der Waals surface area contributed by atoms with Crippen molar-refractivity contribution in [2.75, 3.05) is 13.1 Å². The van der Waals surface area contributed by atoms with E-state index in [0.717, 1.165) is 5.56 Å². The maximum Gasteiger partial charge on any atom is 0.123 e. The topological polar surface area (TPSA) is 52.0 Å². The van der Waals surface area contributed by atoms with Crippen LogP contribution < -0.4 is 11.5 Å². The van der Waals surface area contributed by atoms with Crippen LogP contribution in [0.5, 0.6) is 0 Å². The minimum absolute atomic E-state index is 0.144. The van der Waals surface area contributed by atoms with Gasteiger partial charge in [-0.2, -0.15) is 0 Å². The van der Waals surface area contributed by atoms with Crippen LogP contribution in [0.3, 0.4) is 0 Å². The highest BCUT2D eigenvalue weighted by atomic mass is 19.1. The van der Waals surface area contributed by atoms with Crippen molar-refractivity contribution in [2.45, 2.75) is 5.92 Å². The van der Waals surface area contributed by atoms with Gasteiger partial charge in [0.2, 0.25) is 0 Å². The monoisotopic (exact) mass is 168 g/mol. The minimum Gasteiger partial charge on any atom is -0.330 e. The Hall–Kier alpha value is -0.930. The standard InChI is InChI=1S/C9H13FN2/c10-9-3-1-7(2-4-9)8(5-11)6-12/h1-4,8H,5-6,11-12H2. The van der Waals surface area contributed by atoms with Crippen LogP contribution in [0.1, 0.15) is 11.5 Å². The highest BCUT2D eigenvalue weighted by molar-refractivity contribution is 5.20. The summed E-state index contributed by atoms with van der Waals surface area (Å²) in [5.74, 6) is -0.0860. The summed E-state index contributed by atoms with van der Waals surface area (Å²) in [5, 5.41) is 0. The van der Waals surface area contributed by atoms with Crippen LogP contribution in [0.2, 0.25) is 0 Å². The molecule has 0 fully saturated rings. The molecule has 2 nitrogen and oxygen atoms in total. The predicted octanol–water partition coefficient (Wildman–Crippen LogP) is 0.827. The Bertz CT molecular complexity index is 229. The van der Waals surface area contributed by atoms with E-state index in [1.807, 2.05) is 0 Å². The van der Waals surface area contributed by atoms with E-state index in [0.29, 0.717) is 13.1 Å². The summed E-state index contributed by atoms with van der Waals surface area (Å²) in [6.07, 6.45) is 0. The van der Waals surface area contributed by atoms with Gasteiger partial charge in [-0.25, -0.2) is 4.39 Å².